The number of rotatable bonds is 0. The quantitative estimate of drug-likeness (QED) is 0.567. The van der Waals surface area contributed by atoms with Crippen molar-refractivity contribution in [3.63, 3.8) is 0 Å². The average molecular weight is 205 g/mol. The van der Waals surface area contributed by atoms with Gasteiger partial charge in [0, 0.05) is 6.42 Å². The first-order chi connectivity index (χ1) is 7.36. The van der Waals surface area contributed by atoms with Crippen molar-refractivity contribution in [3.8, 4) is 6.07 Å². The van der Waals surface area contributed by atoms with E-state index in [9.17, 15) is 5.26 Å². The Bertz CT molecular complexity index is 325. The Balaban J connectivity index is 1.91. The third-order valence-corrected chi connectivity index (χ3v) is 3.98. The fourth-order valence-electron chi connectivity index (χ4n) is 3.32. The molecule has 0 aromatic heterocycles. The zero-order valence-corrected chi connectivity index (χ0v) is 8.69. The van der Waals surface area contributed by atoms with Crippen LogP contribution in [0.4, 0.5) is 0 Å². The molecule has 0 unspecified atom stereocenters. The van der Waals surface area contributed by atoms with Crippen LogP contribution in [0, 0.1) is 29.1 Å². The summed E-state index contributed by atoms with van der Waals surface area (Å²) in [6.07, 6.45) is 7.41. The Morgan fingerprint density at radius 1 is 1.20 bits per heavy atom. The van der Waals surface area contributed by atoms with Crippen molar-refractivity contribution in [3.05, 3.63) is 12.2 Å². The van der Waals surface area contributed by atoms with Crippen LogP contribution in [-0.4, -0.2) is 19.0 Å². The summed E-state index contributed by atoms with van der Waals surface area (Å²) in [5.74, 6) is 0.390. The van der Waals surface area contributed by atoms with Crippen LogP contribution in [0.25, 0.3) is 0 Å². The first-order valence-corrected chi connectivity index (χ1v) is 5.68. The van der Waals surface area contributed by atoms with Crippen molar-refractivity contribution in [2.75, 3.05) is 13.2 Å². The minimum Gasteiger partial charge on any atom is -0.346 e. The maximum Gasteiger partial charge on any atom is 0.184 e. The highest BCUT2D eigenvalue weighted by Gasteiger charge is 2.57. The normalized spacial score (nSPS) is 41.7. The highest BCUT2D eigenvalue weighted by molar-refractivity contribution is 5.12. The molecule has 3 atom stereocenters. The van der Waals surface area contributed by atoms with Crippen LogP contribution in [0.3, 0.4) is 0 Å². The summed E-state index contributed by atoms with van der Waals surface area (Å²) in [4.78, 5) is 0. The molecule has 3 heteroatoms. The summed E-state index contributed by atoms with van der Waals surface area (Å²) >= 11 is 0. The van der Waals surface area contributed by atoms with Gasteiger partial charge in [-0.15, -0.1) is 0 Å². The van der Waals surface area contributed by atoms with Crippen molar-refractivity contribution in [1.82, 2.24) is 0 Å². The van der Waals surface area contributed by atoms with Gasteiger partial charge in [-0.1, -0.05) is 12.2 Å². The van der Waals surface area contributed by atoms with Gasteiger partial charge in [-0.3, -0.25) is 0 Å². The minimum absolute atomic E-state index is 0.0741. The molecule has 3 aliphatic rings. The molecule has 0 N–H and O–H groups in total. The standard InChI is InChI=1S/C12H15NO2/c13-8-11-10-4-2-1-3-9(10)7-12(11)14-5-6-15-12/h1-2,9-11H,3-7H2/t9-,10-,11+/m1/s1. The Hall–Kier alpha value is -0.850. The lowest BCUT2D eigenvalue weighted by Crippen LogP contribution is -2.35. The van der Waals surface area contributed by atoms with Crippen LogP contribution in [-0.2, 0) is 9.47 Å². The van der Waals surface area contributed by atoms with Crippen molar-refractivity contribution in [1.29, 1.82) is 5.26 Å². The summed E-state index contributed by atoms with van der Waals surface area (Å²) in [5, 5.41) is 9.30. The van der Waals surface area contributed by atoms with E-state index in [4.69, 9.17) is 9.47 Å². The third kappa shape index (κ3) is 1.25. The van der Waals surface area contributed by atoms with Crippen LogP contribution in [0.15, 0.2) is 12.2 Å². The molecule has 0 aromatic rings. The van der Waals surface area contributed by atoms with E-state index in [-0.39, 0.29) is 5.92 Å². The monoisotopic (exact) mass is 205 g/mol. The lowest BCUT2D eigenvalue weighted by atomic mass is 9.82. The number of hydrogen-bond donors (Lipinski definition) is 0. The van der Waals surface area contributed by atoms with Crippen molar-refractivity contribution in [2.24, 2.45) is 17.8 Å². The topological polar surface area (TPSA) is 42.2 Å². The largest absolute Gasteiger partial charge is 0.346 e. The summed E-state index contributed by atoms with van der Waals surface area (Å²) in [6.45, 7) is 1.29. The number of fused-ring (bicyclic) bond motifs is 1. The fourth-order valence-corrected chi connectivity index (χ4v) is 3.32. The second-order valence-corrected chi connectivity index (χ2v) is 4.69. The van der Waals surface area contributed by atoms with Gasteiger partial charge in [0.05, 0.1) is 19.3 Å². The zero-order chi connectivity index (χ0) is 10.3. The summed E-state index contributed by atoms with van der Waals surface area (Å²) in [6, 6.07) is 2.41. The molecule has 1 aliphatic heterocycles. The maximum absolute atomic E-state index is 9.30. The first-order valence-electron chi connectivity index (χ1n) is 5.68. The van der Waals surface area contributed by atoms with Crippen LogP contribution >= 0.6 is 0 Å². The molecule has 1 spiro atoms. The first kappa shape index (κ1) is 9.38. The molecule has 0 amide bonds. The van der Waals surface area contributed by atoms with E-state index in [1.54, 1.807) is 0 Å². The van der Waals surface area contributed by atoms with Crippen molar-refractivity contribution < 1.29 is 9.47 Å². The van der Waals surface area contributed by atoms with Gasteiger partial charge in [0.1, 0.15) is 5.92 Å². The zero-order valence-electron chi connectivity index (χ0n) is 8.69. The number of hydrogen-bond acceptors (Lipinski definition) is 3. The van der Waals surface area contributed by atoms with E-state index >= 15 is 0 Å². The molecule has 1 heterocycles. The molecule has 0 radical (unpaired) electrons. The molecule has 15 heavy (non-hydrogen) atoms. The van der Waals surface area contributed by atoms with E-state index in [0.717, 1.165) is 19.3 Å². The van der Waals surface area contributed by atoms with Crippen LogP contribution < -0.4 is 0 Å². The average Bonchev–Trinajstić information content (AvgIpc) is 2.83. The molecule has 0 aromatic carbocycles. The van der Waals surface area contributed by atoms with E-state index in [0.29, 0.717) is 25.0 Å². The molecular weight excluding hydrogens is 190 g/mol. The molecule has 1 saturated carbocycles. The van der Waals surface area contributed by atoms with Crippen LogP contribution in [0.2, 0.25) is 0 Å². The molecule has 80 valence electrons. The number of allylic oxidation sites excluding steroid dienone is 2. The maximum atomic E-state index is 9.30. The molecule has 0 bridgehead atoms. The predicted octanol–water partition coefficient (Wildman–Crippen LogP) is 1.86. The number of nitrogens with zero attached hydrogens (tertiary/aromatic N) is 1. The minimum atomic E-state index is -0.559. The smallest absolute Gasteiger partial charge is 0.184 e. The lowest BCUT2D eigenvalue weighted by molar-refractivity contribution is -0.173. The molecule has 3 nitrogen and oxygen atoms in total. The van der Waals surface area contributed by atoms with Crippen LogP contribution in [0.5, 0.6) is 0 Å². The second kappa shape index (κ2) is 3.33. The van der Waals surface area contributed by atoms with Gasteiger partial charge in [-0.2, -0.15) is 5.26 Å². The summed E-state index contributed by atoms with van der Waals surface area (Å²) in [7, 11) is 0. The molecule has 3 rings (SSSR count). The Morgan fingerprint density at radius 3 is 2.67 bits per heavy atom. The Kier molecular flexibility index (Phi) is 2.08. The van der Waals surface area contributed by atoms with Gasteiger partial charge >= 0.3 is 0 Å². The van der Waals surface area contributed by atoms with Gasteiger partial charge in [0.15, 0.2) is 5.79 Å². The van der Waals surface area contributed by atoms with Gasteiger partial charge in [-0.25, -0.2) is 0 Å². The molecular formula is C12H15NO2. The van der Waals surface area contributed by atoms with Gasteiger partial charge < -0.3 is 9.47 Å². The highest BCUT2D eigenvalue weighted by Crippen LogP contribution is 2.52. The van der Waals surface area contributed by atoms with Crippen molar-refractivity contribution in [2.45, 2.75) is 25.0 Å². The number of ether oxygens (including phenoxy) is 2. The Morgan fingerprint density at radius 2 is 1.93 bits per heavy atom. The fraction of sp³-hybridized carbons (Fsp3) is 0.750. The van der Waals surface area contributed by atoms with Gasteiger partial charge in [0.25, 0.3) is 0 Å². The van der Waals surface area contributed by atoms with E-state index < -0.39 is 5.79 Å². The predicted molar refractivity (Wildman–Crippen MR) is 53.7 cm³/mol. The number of nitriles is 1. The lowest BCUT2D eigenvalue weighted by Gasteiger charge is -2.26. The third-order valence-electron chi connectivity index (χ3n) is 3.98. The Labute approximate surface area is 89.7 Å². The SMILES string of the molecule is N#C[C@H]1[C@@H]2CC=CC[C@@H]2CC12OCCO2. The van der Waals surface area contributed by atoms with Crippen molar-refractivity contribution >= 4 is 0 Å². The highest BCUT2D eigenvalue weighted by atomic mass is 16.7. The van der Waals surface area contributed by atoms with Gasteiger partial charge in [-0.05, 0) is 24.7 Å². The summed E-state index contributed by atoms with van der Waals surface area (Å²) < 4.78 is 11.4. The molecule has 2 aliphatic carbocycles. The van der Waals surface area contributed by atoms with Crippen LogP contribution in [0.1, 0.15) is 19.3 Å². The summed E-state index contributed by atoms with van der Waals surface area (Å²) in [5.41, 5.74) is 0. The molecule has 2 fully saturated rings. The van der Waals surface area contributed by atoms with E-state index in [1.807, 2.05) is 0 Å². The van der Waals surface area contributed by atoms with E-state index in [2.05, 4.69) is 18.2 Å². The van der Waals surface area contributed by atoms with E-state index in [1.165, 1.54) is 0 Å². The van der Waals surface area contributed by atoms with Gasteiger partial charge in [0.2, 0.25) is 0 Å². The molecule has 1 saturated heterocycles. The second-order valence-electron chi connectivity index (χ2n) is 4.69.